The summed E-state index contributed by atoms with van der Waals surface area (Å²) in [6.45, 7) is 1.85. The van der Waals surface area contributed by atoms with Crippen LogP contribution in [0, 0.1) is 5.82 Å². The van der Waals surface area contributed by atoms with Crippen molar-refractivity contribution < 1.29 is 19.0 Å². The maximum absolute atomic E-state index is 13.8. The minimum absolute atomic E-state index is 0.00673. The van der Waals surface area contributed by atoms with Crippen LogP contribution in [0.2, 0.25) is 5.02 Å². The number of aromatic nitrogens is 2. The van der Waals surface area contributed by atoms with Crippen LogP contribution in [0.1, 0.15) is 42.5 Å². The first-order valence-electron chi connectivity index (χ1n) is 10.6. The van der Waals surface area contributed by atoms with Crippen molar-refractivity contribution in [3.05, 3.63) is 52.2 Å². The molecule has 3 rings (SSSR count). The monoisotopic (exact) mass is 450 g/mol. The Labute approximate surface area is 186 Å². The Morgan fingerprint density at radius 3 is 3.00 bits per heavy atom. The minimum atomic E-state index is -1.01. The molecule has 0 unspecified atom stereocenters. The Morgan fingerprint density at radius 2 is 2.19 bits per heavy atom. The van der Waals surface area contributed by atoms with E-state index in [0.29, 0.717) is 13.2 Å². The van der Waals surface area contributed by atoms with Crippen LogP contribution >= 0.6 is 11.6 Å². The number of ether oxygens (including phenoxy) is 1. The van der Waals surface area contributed by atoms with E-state index in [9.17, 15) is 14.3 Å². The van der Waals surface area contributed by atoms with Gasteiger partial charge < -0.3 is 20.5 Å². The summed E-state index contributed by atoms with van der Waals surface area (Å²) in [6, 6.07) is 3.40. The van der Waals surface area contributed by atoms with E-state index in [-0.39, 0.29) is 23.6 Å². The summed E-state index contributed by atoms with van der Waals surface area (Å²) in [5, 5.41) is 15.7. The maximum Gasteiger partial charge on any atom is 0.320 e. The van der Waals surface area contributed by atoms with Gasteiger partial charge in [-0.2, -0.15) is 0 Å². The summed E-state index contributed by atoms with van der Waals surface area (Å²) in [6.07, 6.45) is 7.60. The summed E-state index contributed by atoms with van der Waals surface area (Å²) < 4.78 is 19.4. The number of carboxylic acid groups (broad SMARTS) is 1. The van der Waals surface area contributed by atoms with Gasteiger partial charge in [-0.05, 0) is 50.2 Å². The number of carbonyl (C=O) groups is 1. The van der Waals surface area contributed by atoms with Crippen molar-refractivity contribution in [1.29, 1.82) is 0 Å². The van der Waals surface area contributed by atoms with E-state index >= 15 is 0 Å². The second-order valence-corrected chi connectivity index (χ2v) is 7.96. The van der Waals surface area contributed by atoms with Crippen LogP contribution in [0.25, 0.3) is 0 Å². The van der Waals surface area contributed by atoms with Crippen LogP contribution < -0.4 is 10.6 Å². The first kappa shape index (κ1) is 23.4. The zero-order chi connectivity index (χ0) is 22.1. The van der Waals surface area contributed by atoms with Crippen LogP contribution in [0.5, 0.6) is 0 Å². The van der Waals surface area contributed by atoms with Gasteiger partial charge in [0.2, 0.25) is 0 Å². The van der Waals surface area contributed by atoms with Gasteiger partial charge in [-0.3, -0.25) is 9.78 Å². The van der Waals surface area contributed by atoms with Gasteiger partial charge >= 0.3 is 5.97 Å². The van der Waals surface area contributed by atoms with Gasteiger partial charge in [0.15, 0.2) is 0 Å². The second kappa shape index (κ2) is 11.9. The van der Waals surface area contributed by atoms with Gasteiger partial charge in [0.05, 0.1) is 11.2 Å². The molecule has 3 heterocycles. The Morgan fingerprint density at radius 1 is 1.32 bits per heavy atom. The van der Waals surface area contributed by atoms with E-state index in [1.807, 2.05) is 0 Å². The molecule has 0 fully saturated rings. The SMILES string of the molecule is O=C(O)[C@H](CCOCCCCc1ccc2c(n1)NCCC2)NCc1c(F)cncc1Cl. The highest BCUT2D eigenvalue weighted by Crippen LogP contribution is 2.20. The average molecular weight is 451 g/mol. The van der Waals surface area contributed by atoms with Gasteiger partial charge in [-0.15, -0.1) is 0 Å². The highest BCUT2D eigenvalue weighted by molar-refractivity contribution is 6.31. The van der Waals surface area contributed by atoms with Crippen molar-refractivity contribution in [2.75, 3.05) is 25.1 Å². The molecule has 0 amide bonds. The lowest BCUT2D eigenvalue weighted by Crippen LogP contribution is -2.37. The lowest BCUT2D eigenvalue weighted by atomic mass is 10.1. The minimum Gasteiger partial charge on any atom is -0.480 e. The van der Waals surface area contributed by atoms with Gasteiger partial charge in [-0.1, -0.05) is 17.7 Å². The fraction of sp³-hybridized carbons (Fsp3) is 0.500. The molecule has 0 aliphatic carbocycles. The number of hydrogen-bond donors (Lipinski definition) is 3. The van der Waals surface area contributed by atoms with Gasteiger partial charge in [0.25, 0.3) is 0 Å². The lowest BCUT2D eigenvalue weighted by molar-refractivity contribution is -0.140. The number of rotatable bonds is 12. The molecule has 0 spiro atoms. The molecule has 0 bridgehead atoms. The molecule has 0 saturated carbocycles. The number of pyridine rings is 2. The number of anilines is 1. The first-order chi connectivity index (χ1) is 15.0. The third kappa shape index (κ3) is 7.12. The highest BCUT2D eigenvalue weighted by Gasteiger charge is 2.18. The Kier molecular flexibility index (Phi) is 8.99. The number of halogens is 2. The summed E-state index contributed by atoms with van der Waals surface area (Å²) >= 11 is 5.92. The quantitative estimate of drug-likeness (QED) is 0.425. The normalized spacial score (nSPS) is 14.0. The molecule has 1 atom stereocenters. The largest absolute Gasteiger partial charge is 0.480 e. The number of aliphatic carboxylic acids is 1. The van der Waals surface area contributed by atoms with E-state index in [1.54, 1.807) is 0 Å². The topological polar surface area (TPSA) is 96.4 Å². The number of carboxylic acids is 1. The first-order valence-corrected chi connectivity index (χ1v) is 11.0. The standard InChI is InChI=1S/C22H28ClFN4O3/c23-18-13-25-14-19(24)17(18)12-27-20(22(29)30)8-11-31-10-2-1-5-16-7-6-15-4-3-9-26-21(15)28-16/h6-7,13-14,20,27H,1-5,8-12H2,(H,26,28)(H,29,30)/t20-/m0/s1. The van der Waals surface area contributed by atoms with Crippen LogP contribution in [0.3, 0.4) is 0 Å². The Balaban J connectivity index is 1.32. The molecule has 3 N–H and O–H groups in total. The molecular weight excluding hydrogens is 423 g/mol. The van der Waals surface area contributed by atoms with Crippen molar-refractivity contribution in [3.8, 4) is 0 Å². The maximum atomic E-state index is 13.8. The van der Waals surface area contributed by atoms with Crippen molar-refractivity contribution in [2.45, 2.75) is 51.1 Å². The van der Waals surface area contributed by atoms with Gasteiger partial charge in [0.1, 0.15) is 17.7 Å². The summed E-state index contributed by atoms with van der Waals surface area (Å²) in [4.78, 5) is 19.8. The molecule has 9 heteroatoms. The van der Waals surface area contributed by atoms with Gasteiger partial charge in [0, 0.05) is 43.8 Å². The van der Waals surface area contributed by atoms with E-state index in [1.165, 1.54) is 11.8 Å². The highest BCUT2D eigenvalue weighted by atomic mass is 35.5. The fourth-order valence-corrected chi connectivity index (χ4v) is 3.68. The molecule has 168 valence electrons. The average Bonchev–Trinajstić information content (AvgIpc) is 2.76. The number of fused-ring (bicyclic) bond motifs is 1. The van der Waals surface area contributed by atoms with E-state index < -0.39 is 17.8 Å². The molecule has 1 aliphatic heterocycles. The van der Waals surface area contributed by atoms with Crippen LogP contribution in [-0.2, 0) is 28.9 Å². The summed E-state index contributed by atoms with van der Waals surface area (Å²) in [7, 11) is 0. The van der Waals surface area contributed by atoms with E-state index in [0.717, 1.165) is 56.4 Å². The number of nitrogens with zero attached hydrogens (tertiary/aromatic N) is 2. The molecule has 0 radical (unpaired) electrons. The third-order valence-corrected chi connectivity index (χ3v) is 5.58. The van der Waals surface area contributed by atoms with Crippen LogP contribution in [0.15, 0.2) is 24.5 Å². The molecule has 31 heavy (non-hydrogen) atoms. The van der Waals surface area contributed by atoms with Crippen molar-refractivity contribution in [1.82, 2.24) is 15.3 Å². The van der Waals surface area contributed by atoms with E-state index in [2.05, 4.69) is 32.7 Å². The molecule has 2 aromatic rings. The molecule has 7 nitrogen and oxygen atoms in total. The smallest absolute Gasteiger partial charge is 0.320 e. The molecule has 1 aliphatic rings. The molecule has 0 aromatic carbocycles. The number of hydrogen-bond acceptors (Lipinski definition) is 6. The number of aryl methyl sites for hydroxylation is 2. The van der Waals surface area contributed by atoms with Gasteiger partial charge in [-0.25, -0.2) is 9.37 Å². The molecular formula is C22H28ClFN4O3. The van der Waals surface area contributed by atoms with Crippen molar-refractivity contribution in [2.24, 2.45) is 0 Å². The van der Waals surface area contributed by atoms with Crippen molar-refractivity contribution >= 4 is 23.4 Å². The second-order valence-electron chi connectivity index (χ2n) is 7.55. The van der Waals surface area contributed by atoms with Crippen molar-refractivity contribution in [3.63, 3.8) is 0 Å². The van der Waals surface area contributed by atoms with E-state index in [4.69, 9.17) is 16.3 Å². The Hall–Kier alpha value is -2.29. The Bertz CT molecular complexity index is 864. The predicted molar refractivity (Wildman–Crippen MR) is 117 cm³/mol. The van der Waals surface area contributed by atoms with Crippen LogP contribution in [0.4, 0.5) is 10.2 Å². The molecule has 0 saturated heterocycles. The summed E-state index contributed by atoms with van der Waals surface area (Å²) in [5.41, 5.74) is 2.56. The van der Waals surface area contributed by atoms with Crippen LogP contribution in [-0.4, -0.2) is 46.8 Å². The number of unbranched alkanes of at least 4 members (excludes halogenated alkanes) is 1. The fourth-order valence-electron chi connectivity index (χ4n) is 3.47. The molecule has 2 aromatic heterocycles. The third-order valence-electron chi connectivity index (χ3n) is 5.25. The summed E-state index contributed by atoms with van der Waals surface area (Å²) in [5.74, 6) is -0.564. The predicted octanol–water partition coefficient (Wildman–Crippen LogP) is 3.60. The zero-order valence-electron chi connectivity index (χ0n) is 17.4. The zero-order valence-corrected chi connectivity index (χ0v) is 18.1. The number of nitrogens with one attached hydrogen (secondary N) is 2. The lowest BCUT2D eigenvalue weighted by Gasteiger charge is -2.17.